The molecule has 1 aliphatic heterocycles. The Hall–Kier alpha value is -3.20. The summed E-state index contributed by atoms with van der Waals surface area (Å²) in [5.74, 6) is 1.46. The molecule has 1 N–H and O–H groups in total. The Morgan fingerprint density at radius 1 is 1.23 bits per heavy atom. The van der Waals surface area contributed by atoms with E-state index in [2.05, 4.69) is 5.32 Å². The molecule has 1 aliphatic rings. The van der Waals surface area contributed by atoms with Crippen LogP contribution in [0.3, 0.4) is 0 Å². The maximum atomic E-state index is 11.8. The molecule has 0 bridgehead atoms. The summed E-state index contributed by atoms with van der Waals surface area (Å²) < 4.78 is 15.8. The molecule has 1 amide bonds. The van der Waals surface area contributed by atoms with Gasteiger partial charge in [-0.1, -0.05) is 6.07 Å². The van der Waals surface area contributed by atoms with Gasteiger partial charge in [-0.3, -0.25) is 4.79 Å². The Kier molecular flexibility index (Phi) is 3.79. The lowest BCUT2D eigenvalue weighted by atomic mass is 10.2. The van der Waals surface area contributed by atoms with Crippen molar-refractivity contribution < 1.29 is 19.0 Å². The molecule has 2 aromatic carbocycles. The topological polar surface area (TPSA) is 80.6 Å². The van der Waals surface area contributed by atoms with Gasteiger partial charge in [0.05, 0.1) is 11.6 Å². The van der Waals surface area contributed by atoms with E-state index in [0.717, 1.165) is 0 Å². The number of fused-ring (bicyclic) bond motifs is 1. The van der Waals surface area contributed by atoms with Crippen molar-refractivity contribution in [2.45, 2.75) is 0 Å². The van der Waals surface area contributed by atoms with Gasteiger partial charge in [0.2, 0.25) is 6.79 Å². The monoisotopic (exact) mass is 296 g/mol. The van der Waals surface area contributed by atoms with Crippen molar-refractivity contribution in [3.8, 4) is 23.3 Å². The van der Waals surface area contributed by atoms with Crippen LogP contribution in [0.2, 0.25) is 0 Å². The molecule has 110 valence electrons. The molecule has 0 aliphatic carbocycles. The maximum absolute atomic E-state index is 11.8. The second-order valence-corrected chi connectivity index (χ2v) is 4.54. The van der Waals surface area contributed by atoms with Crippen LogP contribution in [-0.2, 0) is 4.79 Å². The van der Waals surface area contributed by atoms with Gasteiger partial charge in [0.1, 0.15) is 5.75 Å². The Morgan fingerprint density at radius 2 is 2.09 bits per heavy atom. The standard InChI is InChI=1S/C16H12N2O4/c17-8-11-2-1-3-12(6-11)18-16(19)9-20-13-4-5-14-15(7-13)22-10-21-14/h1-7H,9-10H2,(H,18,19). The molecular formula is C16H12N2O4. The summed E-state index contributed by atoms with van der Waals surface area (Å²) in [5, 5.41) is 11.5. The number of carbonyl (C=O) groups excluding carboxylic acids is 1. The third-order valence-electron chi connectivity index (χ3n) is 2.99. The summed E-state index contributed by atoms with van der Waals surface area (Å²) in [6.45, 7) is 0.0466. The third kappa shape index (κ3) is 3.10. The van der Waals surface area contributed by atoms with Crippen molar-refractivity contribution >= 4 is 11.6 Å². The molecule has 1 heterocycles. The van der Waals surface area contributed by atoms with Crippen molar-refractivity contribution in [1.29, 1.82) is 5.26 Å². The summed E-state index contributed by atoms with van der Waals surface area (Å²) in [6, 6.07) is 13.8. The van der Waals surface area contributed by atoms with Gasteiger partial charge in [0.25, 0.3) is 5.91 Å². The average molecular weight is 296 g/mol. The fraction of sp³-hybridized carbons (Fsp3) is 0.125. The Balaban J connectivity index is 1.57. The second-order valence-electron chi connectivity index (χ2n) is 4.54. The molecule has 0 saturated heterocycles. The van der Waals surface area contributed by atoms with Crippen LogP contribution in [0.25, 0.3) is 0 Å². The zero-order valence-corrected chi connectivity index (χ0v) is 11.5. The van der Waals surface area contributed by atoms with Crippen LogP contribution in [0, 0.1) is 11.3 Å². The number of carbonyl (C=O) groups is 1. The fourth-order valence-corrected chi connectivity index (χ4v) is 1.98. The first kappa shape index (κ1) is 13.8. The number of nitriles is 1. The fourth-order valence-electron chi connectivity index (χ4n) is 1.98. The molecule has 0 aromatic heterocycles. The highest BCUT2D eigenvalue weighted by molar-refractivity contribution is 5.92. The molecule has 0 unspecified atom stereocenters. The number of anilines is 1. The minimum Gasteiger partial charge on any atom is -0.484 e. The van der Waals surface area contributed by atoms with Crippen molar-refractivity contribution in [2.24, 2.45) is 0 Å². The Bertz CT molecular complexity index is 752. The van der Waals surface area contributed by atoms with Crippen molar-refractivity contribution in [3.05, 3.63) is 48.0 Å². The van der Waals surface area contributed by atoms with E-state index in [1.165, 1.54) is 0 Å². The quantitative estimate of drug-likeness (QED) is 0.936. The van der Waals surface area contributed by atoms with Crippen LogP contribution in [-0.4, -0.2) is 19.3 Å². The molecule has 3 rings (SSSR count). The first-order valence-electron chi connectivity index (χ1n) is 6.57. The van der Waals surface area contributed by atoms with Gasteiger partial charge >= 0.3 is 0 Å². The van der Waals surface area contributed by atoms with Crippen molar-refractivity contribution in [3.63, 3.8) is 0 Å². The second kappa shape index (κ2) is 6.06. The van der Waals surface area contributed by atoms with Crippen LogP contribution >= 0.6 is 0 Å². The van der Waals surface area contributed by atoms with Gasteiger partial charge in [-0.15, -0.1) is 0 Å². The van der Waals surface area contributed by atoms with Crippen LogP contribution < -0.4 is 19.5 Å². The third-order valence-corrected chi connectivity index (χ3v) is 2.99. The highest BCUT2D eigenvalue weighted by Crippen LogP contribution is 2.35. The lowest BCUT2D eigenvalue weighted by molar-refractivity contribution is -0.118. The molecule has 6 heteroatoms. The smallest absolute Gasteiger partial charge is 0.262 e. The summed E-state index contributed by atoms with van der Waals surface area (Å²) in [5.41, 5.74) is 1.04. The highest BCUT2D eigenvalue weighted by Gasteiger charge is 2.14. The van der Waals surface area contributed by atoms with E-state index in [1.807, 2.05) is 6.07 Å². The van der Waals surface area contributed by atoms with E-state index >= 15 is 0 Å². The lowest BCUT2D eigenvalue weighted by Crippen LogP contribution is -2.20. The average Bonchev–Trinajstić information content (AvgIpc) is 3.00. The summed E-state index contributed by atoms with van der Waals surface area (Å²) in [7, 11) is 0. The predicted octanol–water partition coefficient (Wildman–Crippen LogP) is 2.30. The molecular weight excluding hydrogens is 284 g/mol. The van der Waals surface area contributed by atoms with E-state index in [0.29, 0.717) is 28.5 Å². The zero-order valence-electron chi connectivity index (χ0n) is 11.5. The van der Waals surface area contributed by atoms with E-state index in [-0.39, 0.29) is 19.3 Å². The molecule has 6 nitrogen and oxygen atoms in total. The Morgan fingerprint density at radius 3 is 2.95 bits per heavy atom. The van der Waals surface area contributed by atoms with Crippen LogP contribution in [0.4, 0.5) is 5.69 Å². The number of ether oxygens (including phenoxy) is 3. The first-order chi connectivity index (χ1) is 10.7. The van der Waals surface area contributed by atoms with Gasteiger partial charge in [0.15, 0.2) is 18.1 Å². The number of hydrogen-bond acceptors (Lipinski definition) is 5. The molecule has 0 fully saturated rings. The predicted molar refractivity (Wildman–Crippen MR) is 77.8 cm³/mol. The van der Waals surface area contributed by atoms with Gasteiger partial charge in [-0.05, 0) is 30.3 Å². The molecule has 0 saturated carbocycles. The highest BCUT2D eigenvalue weighted by atomic mass is 16.7. The van der Waals surface area contributed by atoms with Gasteiger partial charge in [-0.2, -0.15) is 5.26 Å². The maximum Gasteiger partial charge on any atom is 0.262 e. The zero-order chi connectivity index (χ0) is 15.4. The first-order valence-corrected chi connectivity index (χ1v) is 6.57. The SMILES string of the molecule is N#Cc1cccc(NC(=O)COc2ccc3c(c2)OCO3)c1. The molecule has 2 aromatic rings. The number of benzene rings is 2. The summed E-state index contributed by atoms with van der Waals surface area (Å²) >= 11 is 0. The van der Waals surface area contributed by atoms with Gasteiger partial charge in [-0.25, -0.2) is 0 Å². The van der Waals surface area contributed by atoms with Gasteiger partial charge < -0.3 is 19.5 Å². The summed E-state index contributed by atoms with van der Waals surface area (Å²) in [4.78, 5) is 11.8. The van der Waals surface area contributed by atoms with Gasteiger partial charge in [0, 0.05) is 11.8 Å². The van der Waals surface area contributed by atoms with E-state index in [9.17, 15) is 4.79 Å². The molecule has 22 heavy (non-hydrogen) atoms. The molecule has 0 spiro atoms. The van der Waals surface area contributed by atoms with Crippen LogP contribution in [0.15, 0.2) is 42.5 Å². The summed E-state index contributed by atoms with van der Waals surface area (Å²) in [6.07, 6.45) is 0. The number of rotatable bonds is 4. The molecule has 0 atom stereocenters. The normalized spacial score (nSPS) is 11.6. The number of nitrogens with zero attached hydrogens (tertiary/aromatic N) is 1. The van der Waals surface area contributed by atoms with E-state index in [4.69, 9.17) is 19.5 Å². The van der Waals surface area contributed by atoms with E-state index in [1.54, 1.807) is 42.5 Å². The van der Waals surface area contributed by atoms with E-state index < -0.39 is 0 Å². The molecule has 0 radical (unpaired) electrons. The minimum absolute atomic E-state index is 0.142. The Labute approximate surface area is 126 Å². The van der Waals surface area contributed by atoms with Crippen LogP contribution in [0.5, 0.6) is 17.2 Å². The minimum atomic E-state index is -0.312. The van der Waals surface area contributed by atoms with Crippen LogP contribution in [0.1, 0.15) is 5.56 Å². The number of nitrogens with one attached hydrogen (secondary N) is 1. The lowest BCUT2D eigenvalue weighted by Gasteiger charge is -2.08. The number of hydrogen-bond donors (Lipinski definition) is 1. The number of amides is 1. The largest absolute Gasteiger partial charge is 0.484 e. The van der Waals surface area contributed by atoms with Crippen molar-refractivity contribution in [1.82, 2.24) is 0 Å². The van der Waals surface area contributed by atoms with Crippen molar-refractivity contribution in [2.75, 3.05) is 18.7 Å².